The van der Waals surface area contributed by atoms with E-state index in [9.17, 15) is 5.11 Å². The molecule has 2 atom stereocenters. The van der Waals surface area contributed by atoms with Crippen LogP contribution in [0.15, 0.2) is 40.8 Å². The molecule has 2 unspecified atom stereocenters. The van der Waals surface area contributed by atoms with Crippen LogP contribution in [0.25, 0.3) is 0 Å². The van der Waals surface area contributed by atoms with Gasteiger partial charge in [0, 0.05) is 5.92 Å². The smallest absolute Gasteiger partial charge is 0.117 e. The van der Waals surface area contributed by atoms with E-state index in [-0.39, 0.29) is 0 Å². The van der Waals surface area contributed by atoms with Crippen molar-refractivity contribution in [2.45, 2.75) is 32.2 Å². The molecule has 106 valence electrons. The van der Waals surface area contributed by atoms with Crippen molar-refractivity contribution in [2.75, 3.05) is 6.54 Å². The van der Waals surface area contributed by atoms with Gasteiger partial charge >= 0.3 is 0 Å². The molecule has 1 aromatic heterocycles. The number of hydrogen-bond donors (Lipinski definition) is 2. The number of hydrogen-bond acceptors (Lipinski definition) is 3. The maximum atomic E-state index is 9.22. The Kier molecular flexibility index (Phi) is 3.79. The number of aromatic hydroxyl groups is 1. The van der Waals surface area contributed by atoms with Crippen molar-refractivity contribution in [1.82, 2.24) is 5.32 Å². The maximum absolute atomic E-state index is 9.22. The van der Waals surface area contributed by atoms with E-state index in [1.807, 2.05) is 12.1 Å². The first-order valence-electron chi connectivity index (χ1n) is 7.29. The fourth-order valence-electron chi connectivity index (χ4n) is 2.51. The Bertz CT molecular complexity index is 559. The van der Waals surface area contributed by atoms with Gasteiger partial charge in [-0.2, -0.15) is 0 Å². The van der Waals surface area contributed by atoms with Crippen LogP contribution in [-0.2, 0) is 13.0 Å². The Hall–Kier alpha value is -1.74. The molecular weight excluding hydrogens is 250 g/mol. The number of nitrogens with one attached hydrogen (secondary N) is 1. The summed E-state index contributed by atoms with van der Waals surface area (Å²) in [4.78, 5) is 0. The highest BCUT2D eigenvalue weighted by Gasteiger charge is 2.36. The first-order valence-corrected chi connectivity index (χ1v) is 7.29. The van der Waals surface area contributed by atoms with Gasteiger partial charge in [-0.3, -0.25) is 0 Å². The zero-order valence-corrected chi connectivity index (χ0v) is 11.8. The summed E-state index contributed by atoms with van der Waals surface area (Å²) in [5.74, 6) is 3.92. The van der Waals surface area contributed by atoms with Crippen molar-refractivity contribution in [3.8, 4) is 5.75 Å². The van der Waals surface area contributed by atoms with Gasteiger partial charge < -0.3 is 14.8 Å². The Morgan fingerprint density at radius 3 is 2.65 bits per heavy atom. The molecule has 1 aromatic carbocycles. The van der Waals surface area contributed by atoms with Crippen LogP contribution in [0.1, 0.15) is 36.3 Å². The fraction of sp³-hybridized carbons (Fsp3) is 0.412. The summed E-state index contributed by atoms with van der Waals surface area (Å²) in [6, 6.07) is 11.6. The second-order valence-corrected chi connectivity index (χ2v) is 5.72. The molecule has 0 spiro atoms. The van der Waals surface area contributed by atoms with E-state index in [0.717, 1.165) is 36.9 Å². The van der Waals surface area contributed by atoms with Crippen LogP contribution in [0.5, 0.6) is 5.75 Å². The number of furan rings is 1. The largest absolute Gasteiger partial charge is 0.508 e. The molecule has 1 aliphatic carbocycles. The summed E-state index contributed by atoms with van der Waals surface area (Å²) in [6.45, 7) is 3.95. The minimum absolute atomic E-state index is 0.319. The Labute approximate surface area is 119 Å². The predicted octanol–water partition coefficient (Wildman–Crippen LogP) is 3.44. The van der Waals surface area contributed by atoms with Gasteiger partial charge in [0.2, 0.25) is 0 Å². The van der Waals surface area contributed by atoms with E-state index in [4.69, 9.17) is 4.42 Å². The average molecular weight is 271 g/mol. The summed E-state index contributed by atoms with van der Waals surface area (Å²) in [6.07, 6.45) is 2.22. The molecule has 2 N–H and O–H groups in total. The van der Waals surface area contributed by atoms with Gasteiger partial charge in [0.1, 0.15) is 17.3 Å². The van der Waals surface area contributed by atoms with Crippen LogP contribution < -0.4 is 5.32 Å². The van der Waals surface area contributed by atoms with Gasteiger partial charge in [-0.15, -0.1) is 0 Å². The number of phenolic OH excluding ortho intramolecular Hbond substituents is 1. The van der Waals surface area contributed by atoms with E-state index in [2.05, 4.69) is 24.4 Å². The minimum atomic E-state index is 0.319. The minimum Gasteiger partial charge on any atom is -0.508 e. The highest BCUT2D eigenvalue weighted by molar-refractivity contribution is 5.26. The molecule has 0 amide bonds. The molecule has 1 saturated carbocycles. The SMILES string of the molecule is CC1CC1c1ccc(CNCCc2ccc(O)cc2)o1. The van der Waals surface area contributed by atoms with Crippen LogP contribution in [-0.4, -0.2) is 11.7 Å². The highest BCUT2D eigenvalue weighted by atomic mass is 16.3. The van der Waals surface area contributed by atoms with Crippen LogP contribution in [0, 0.1) is 5.92 Å². The predicted molar refractivity (Wildman–Crippen MR) is 78.7 cm³/mol. The molecule has 1 fully saturated rings. The van der Waals surface area contributed by atoms with Crippen molar-refractivity contribution < 1.29 is 9.52 Å². The standard InChI is InChI=1S/C17H21NO2/c1-12-10-16(12)17-7-6-15(20-17)11-18-9-8-13-2-4-14(19)5-3-13/h2-7,12,16,18-19H,8-11H2,1H3. The molecule has 0 aliphatic heterocycles. The van der Waals surface area contributed by atoms with Gasteiger partial charge in [0.25, 0.3) is 0 Å². The molecule has 20 heavy (non-hydrogen) atoms. The molecule has 2 aromatic rings. The Morgan fingerprint density at radius 2 is 1.95 bits per heavy atom. The van der Waals surface area contributed by atoms with Gasteiger partial charge in [-0.25, -0.2) is 0 Å². The van der Waals surface area contributed by atoms with Crippen molar-refractivity contribution in [3.63, 3.8) is 0 Å². The third kappa shape index (κ3) is 3.23. The van der Waals surface area contributed by atoms with Gasteiger partial charge in [-0.1, -0.05) is 19.1 Å². The number of benzene rings is 1. The molecule has 3 rings (SSSR count). The lowest BCUT2D eigenvalue weighted by Crippen LogP contribution is -2.16. The number of phenols is 1. The molecule has 1 heterocycles. The quantitative estimate of drug-likeness (QED) is 0.791. The monoisotopic (exact) mass is 271 g/mol. The first-order chi connectivity index (χ1) is 9.72. The molecule has 3 heteroatoms. The summed E-state index contributed by atoms with van der Waals surface area (Å²) in [5, 5.41) is 12.6. The molecule has 3 nitrogen and oxygen atoms in total. The van der Waals surface area contributed by atoms with E-state index in [1.165, 1.54) is 12.0 Å². The Morgan fingerprint density at radius 1 is 1.20 bits per heavy atom. The summed E-state index contributed by atoms with van der Waals surface area (Å²) in [7, 11) is 0. The third-order valence-electron chi connectivity index (χ3n) is 3.98. The summed E-state index contributed by atoms with van der Waals surface area (Å²) in [5.41, 5.74) is 1.22. The van der Waals surface area contributed by atoms with Gasteiger partial charge in [0.05, 0.1) is 6.54 Å². The van der Waals surface area contributed by atoms with Gasteiger partial charge in [-0.05, 0) is 55.1 Å². The van der Waals surface area contributed by atoms with Crippen molar-refractivity contribution in [3.05, 3.63) is 53.5 Å². The lowest BCUT2D eigenvalue weighted by molar-refractivity contribution is 0.445. The molecule has 0 bridgehead atoms. The van der Waals surface area contributed by atoms with Gasteiger partial charge in [0.15, 0.2) is 0 Å². The summed E-state index contributed by atoms with van der Waals surface area (Å²) >= 11 is 0. The number of rotatable bonds is 6. The van der Waals surface area contributed by atoms with Crippen LogP contribution in [0.3, 0.4) is 0 Å². The second kappa shape index (κ2) is 5.71. The van der Waals surface area contributed by atoms with E-state index in [0.29, 0.717) is 11.7 Å². The highest BCUT2D eigenvalue weighted by Crippen LogP contribution is 2.47. The zero-order valence-electron chi connectivity index (χ0n) is 11.8. The lowest BCUT2D eigenvalue weighted by atomic mass is 10.1. The molecule has 1 aliphatic rings. The second-order valence-electron chi connectivity index (χ2n) is 5.72. The van der Waals surface area contributed by atoms with E-state index in [1.54, 1.807) is 12.1 Å². The van der Waals surface area contributed by atoms with Crippen molar-refractivity contribution >= 4 is 0 Å². The fourth-order valence-corrected chi connectivity index (χ4v) is 2.51. The third-order valence-corrected chi connectivity index (χ3v) is 3.98. The Balaban J connectivity index is 1.41. The van der Waals surface area contributed by atoms with Crippen molar-refractivity contribution in [1.29, 1.82) is 0 Å². The molecule has 0 saturated heterocycles. The van der Waals surface area contributed by atoms with E-state index >= 15 is 0 Å². The molecule has 0 radical (unpaired) electrons. The van der Waals surface area contributed by atoms with E-state index < -0.39 is 0 Å². The zero-order chi connectivity index (χ0) is 13.9. The lowest BCUT2D eigenvalue weighted by Gasteiger charge is -2.03. The topological polar surface area (TPSA) is 45.4 Å². The van der Waals surface area contributed by atoms with Crippen molar-refractivity contribution in [2.24, 2.45) is 5.92 Å². The normalized spacial score (nSPS) is 21.1. The maximum Gasteiger partial charge on any atom is 0.117 e. The summed E-state index contributed by atoms with van der Waals surface area (Å²) < 4.78 is 5.85. The van der Waals surface area contributed by atoms with Crippen LogP contribution in [0.4, 0.5) is 0 Å². The van der Waals surface area contributed by atoms with Crippen LogP contribution >= 0.6 is 0 Å². The van der Waals surface area contributed by atoms with Crippen LogP contribution in [0.2, 0.25) is 0 Å². The molecular formula is C17H21NO2. The average Bonchev–Trinajstić information content (AvgIpc) is 3.00. The first kappa shape index (κ1) is 13.3.